The molecule has 1 aromatic carbocycles. The van der Waals surface area contributed by atoms with E-state index in [1.54, 1.807) is 0 Å². The third kappa shape index (κ3) is 2.33. The first-order chi connectivity index (χ1) is 8.08. The van der Waals surface area contributed by atoms with Crippen LogP contribution in [0.25, 0.3) is 0 Å². The second kappa shape index (κ2) is 4.37. The zero-order valence-corrected chi connectivity index (χ0v) is 8.73. The molecule has 2 aromatic rings. The Labute approximate surface area is 95.9 Å². The van der Waals surface area contributed by atoms with Crippen LogP contribution in [-0.2, 0) is 6.54 Å². The number of hydrogen-bond acceptors (Lipinski definition) is 1. The molecule has 1 heterocycles. The smallest absolute Gasteiger partial charge is 0.337 e. The Morgan fingerprint density at radius 1 is 1.29 bits per heavy atom. The summed E-state index contributed by atoms with van der Waals surface area (Å²) in [5, 5.41) is 8.72. The van der Waals surface area contributed by atoms with Crippen LogP contribution in [-0.4, -0.2) is 15.6 Å². The standard InChI is InChI=1S/C12H9F2NO2/c13-10-3-1-2-8(11(10)14)6-15-5-4-9(7-15)12(16)17/h1-5,7H,6H2,(H,16,17). The lowest BCUT2D eigenvalue weighted by Gasteiger charge is -2.04. The zero-order valence-electron chi connectivity index (χ0n) is 8.73. The molecule has 17 heavy (non-hydrogen) atoms. The summed E-state index contributed by atoms with van der Waals surface area (Å²) < 4.78 is 27.8. The molecule has 0 aliphatic rings. The van der Waals surface area contributed by atoms with Crippen LogP contribution in [0, 0.1) is 11.6 Å². The van der Waals surface area contributed by atoms with E-state index in [1.807, 2.05) is 0 Å². The molecule has 0 fully saturated rings. The highest BCUT2D eigenvalue weighted by Crippen LogP contribution is 2.13. The third-order valence-corrected chi connectivity index (χ3v) is 2.38. The van der Waals surface area contributed by atoms with Gasteiger partial charge in [0.15, 0.2) is 11.6 Å². The average molecular weight is 237 g/mol. The Kier molecular flexibility index (Phi) is 2.91. The predicted molar refractivity (Wildman–Crippen MR) is 56.9 cm³/mol. The molecule has 5 heteroatoms. The summed E-state index contributed by atoms with van der Waals surface area (Å²) in [6.07, 6.45) is 2.88. The highest BCUT2D eigenvalue weighted by molar-refractivity contribution is 5.87. The summed E-state index contributed by atoms with van der Waals surface area (Å²) in [5.41, 5.74) is 0.291. The van der Waals surface area contributed by atoms with Gasteiger partial charge in [-0.05, 0) is 12.1 Å². The lowest BCUT2D eigenvalue weighted by Crippen LogP contribution is -2.01. The van der Waals surface area contributed by atoms with Gasteiger partial charge in [0.2, 0.25) is 0 Å². The summed E-state index contributed by atoms with van der Waals surface area (Å²) in [7, 11) is 0. The number of carboxylic acid groups (broad SMARTS) is 1. The minimum atomic E-state index is -1.05. The van der Waals surface area contributed by atoms with E-state index in [9.17, 15) is 13.6 Å². The molecule has 1 N–H and O–H groups in total. The molecule has 0 atom stereocenters. The Hall–Kier alpha value is -2.17. The van der Waals surface area contributed by atoms with Crippen molar-refractivity contribution in [2.24, 2.45) is 0 Å². The summed E-state index contributed by atoms with van der Waals surface area (Å²) in [4.78, 5) is 10.6. The molecule has 3 nitrogen and oxygen atoms in total. The predicted octanol–water partition coefficient (Wildman–Crippen LogP) is 2.51. The van der Waals surface area contributed by atoms with Gasteiger partial charge < -0.3 is 9.67 Å². The highest BCUT2D eigenvalue weighted by atomic mass is 19.2. The van der Waals surface area contributed by atoms with E-state index in [0.717, 1.165) is 6.07 Å². The first-order valence-electron chi connectivity index (χ1n) is 4.90. The topological polar surface area (TPSA) is 42.2 Å². The summed E-state index contributed by atoms with van der Waals surface area (Å²) in [6, 6.07) is 5.31. The third-order valence-electron chi connectivity index (χ3n) is 2.38. The number of halogens is 2. The van der Waals surface area contributed by atoms with Crippen molar-refractivity contribution in [3.8, 4) is 0 Å². The molecule has 2 rings (SSSR count). The molecule has 0 amide bonds. The molecule has 0 bridgehead atoms. The number of benzene rings is 1. The van der Waals surface area contributed by atoms with E-state index in [2.05, 4.69) is 0 Å². The number of rotatable bonds is 3. The zero-order chi connectivity index (χ0) is 12.4. The van der Waals surface area contributed by atoms with Gasteiger partial charge in [0, 0.05) is 18.0 Å². The molecular formula is C12H9F2NO2. The van der Waals surface area contributed by atoms with Crippen LogP contribution in [0.4, 0.5) is 8.78 Å². The van der Waals surface area contributed by atoms with Crippen molar-refractivity contribution in [3.63, 3.8) is 0 Å². The fraction of sp³-hybridized carbons (Fsp3) is 0.0833. The Morgan fingerprint density at radius 3 is 2.71 bits per heavy atom. The van der Waals surface area contributed by atoms with E-state index in [-0.39, 0.29) is 17.7 Å². The first-order valence-corrected chi connectivity index (χ1v) is 4.90. The minimum Gasteiger partial charge on any atom is -0.478 e. The largest absolute Gasteiger partial charge is 0.478 e. The van der Waals surface area contributed by atoms with Crippen molar-refractivity contribution in [2.45, 2.75) is 6.54 Å². The average Bonchev–Trinajstić information content (AvgIpc) is 2.73. The van der Waals surface area contributed by atoms with E-state index >= 15 is 0 Å². The van der Waals surface area contributed by atoms with Gasteiger partial charge >= 0.3 is 5.97 Å². The van der Waals surface area contributed by atoms with Crippen molar-refractivity contribution < 1.29 is 18.7 Å². The quantitative estimate of drug-likeness (QED) is 0.891. The minimum absolute atomic E-state index is 0.0941. The van der Waals surface area contributed by atoms with E-state index in [1.165, 1.54) is 35.2 Å². The number of hydrogen-bond donors (Lipinski definition) is 1. The maximum atomic E-state index is 13.3. The molecule has 0 saturated heterocycles. The van der Waals surface area contributed by atoms with Crippen LogP contribution in [0.1, 0.15) is 15.9 Å². The molecule has 0 aliphatic carbocycles. The monoisotopic (exact) mass is 237 g/mol. The van der Waals surface area contributed by atoms with E-state index in [4.69, 9.17) is 5.11 Å². The van der Waals surface area contributed by atoms with Gasteiger partial charge in [-0.25, -0.2) is 13.6 Å². The summed E-state index contributed by atoms with van der Waals surface area (Å²) >= 11 is 0. The summed E-state index contributed by atoms with van der Waals surface area (Å²) in [5.74, 6) is -2.87. The van der Waals surface area contributed by atoms with Crippen LogP contribution >= 0.6 is 0 Å². The van der Waals surface area contributed by atoms with Crippen molar-refractivity contribution in [2.75, 3.05) is 0 Å². The first kappa shape index (κ1) is 11.3. The summed E-state index contributed by atoms with van der Waals surface area (Å²) in [6.45, 7) is 0.0941. The Balaban J connectivity index is 2.25. The molecule has 0 saturated carbocycles. The molecule has 0 aliphatic heterocycles. The van der Waals surface area contributed by atoms with Crippen LogP contribution < -0.4 is 0 Å². The van der Waals surface area contributed by atoms with Crippen LogP contribution in [0.15, 0.2) is 36.7 Å². The van der Waals surface area contributed by atoms with Crippen LogP contribution in [0.3, 0.4) is 0 Å². The number of carboxylic acids is 1. The Bertz CT molecular complexity index is 563. The number of aromatic carboxylic acids is 1. The number of nitrogens with zero attached hydrogens (tertiary/aromatic N) is 1. The van der Waals surface area contributed by atoms with E-state index in [0.29, 0.717) is 0 Å². The molecule has 0 radical (unpaired) electrons. The van der Waals surface area contributed by atoms with Crippen molar-refractivity contribution in [1.29, 1.82) is 0 Å². The second-order valence-corrected chi connectivity index (χ2v) is 3.59. The fourth-order valence-electron chi connectivity index (χ4n) is 1.53. The van der Waals surface area contributed by atoms with Gasteiger partial charge in [0.05, 0.1) is 12.1 Å². The van der Waals surface area contributed by atoms with Gasteiger partial charge in [-0.3, -0.25) is 0 Å². The van der Waals surface area contributed by atoms with Crippen LogP contribution in [0.5, 0.6) is 0 Å². The molecule has 0 unspecified atom stereocenters. The highest BCUT2D eigenvalue weighted by Gasteiger charge is 2.09. The van der Waals surface area contributed by atoms with Gasteiger partial charge in [0.25, 0.3) is 0 Å². The lowest BCUT2D eigenvalue weighted by molar-refractivity contribution is 0.0697. The maximum Gasteiger partial charge on any atom is 0.337 e. The number of carbonyl (C=O) groups is 1. The van der Waals surface area contributed by atoms with Gasteiger partial charge in [-0.2, -0.15) is 0 Å². The molecular weight excluding hydrogens is 228 g/mol. The SMILES string of the molecule is O=C(O)c1ccn(Cc2cccc(F)c2F)c1. The van der Waals surface area contributed by atoms with Crippen molar-refractivity contribution in [1.82, 2.24) is 4.57 Å². The molecule has 1 aromatic heterocycles. The number of aromatic nitrogens is 1. The molecule has 88 valence electrons. The second-order valence-electron chi connectivity index (χ2n) is 3.59. The molecule has 0 spiro atoms. The van der Waals surface area contributed by atoms with Crippen molar-refractivity contribution >= 4 is 5.97 Å². The normalized spacial score (nSPS) is 10.5. The Morgan fingerprint density at radius 2 is 2.06 bits per heavy atom. The van der Waals surface area contributed by atoms with Crippen LogP contribution in [0.2, 0.25) is 0 Å². The maximum absolute atomic E-state index is 13.3. The van der Waals surface area contributed by atoms with E-state index < -0.39 is 17.6 Å². The lowest BCUT2D eigenvalue weighted by atomic mass is 10.2. The fourth-order valence-corrected chi connectivity index (χ4v) is 1.53. The van der Waals surface area contributed by atoms with Gasteiger partial charge in [0.1, 0.15) is 0 Å². The van der Waals surface area contributed by atoms with Crippen molar-refractivity contribution in [3.05, 3.63) is 59.4 Å². The van der Waals surface area contributed by atoms with Gasteiger partial charge in [-0.15, -0.1) is 0 Å². The van der Waals surface area contributed by atoms with Gasteiger partial charge in [-0.1, -0.05) is 12.1 Å².